The van der Waals surface area contributed by atoms with Gasteiger partial charge in [-0.05, 0) is 18.1 Å². The zero-order chi connectivity index (χ0) is 15.1. The molecule has 1 aliphatic heterocycles. The lowest BCUT2D eigenvalue weighted by Crippen LogP contribution is -2.38. The smallest absolute Gasteiger partial charge is 0.243 e. The van der Waals surface area contributed by atoms with Crippen molar-refractivity contribution in [2.45, 2.75) is 25.0 Å². The fourth-order valence-corrected chi connectivity index (χ4v) is 2.36. The van der Waals surface area contributed by atoms with Crippen molar-refractivity contribution < 1.29 is 14.3 Å². The lowest BCUT2D eigenvalue weighted by atomic mass is 10.0. The molecule has 0 unspecified atom stereocenters. The summed E-state index contributed by atoms with van der Waals surface area (Å²) in [4.78, 5) is 22.9. The van der Waals surface area contributed by atoms with E-state index in [1.807, 2.05) is 30.3 Å². The summed E-state index contributed by atoms with van der Waals surface area (Å²) in [5, 5.41) is 5.56. The van der Waals surface area contributed by atoms with E-state index in [9.17, 15) is 9.59 Å². The highest BCUT2D eigenvalue weighted by Gasteiger charge is 2.30. The molecule has 0 bridgehead atoms. The molecule has 21 heavy (non-hydrogen) atoms. The third kappa shape index (κ3) is 4.43. The van der Waals surface area contributed by atoms with Gasteiger partial charge in [0.2, 0.25) is 11.8 Å². The van der Waals surface area contributed by atoms with Crippen molar-refractivity contribution in [1.82, 2.24) is 10.6 Å². The molecule has 2 amide bonds. The van der Waals surface area contributed by atoms with Crippen LogP contribution in [0.15, 0.2) is 43.0 Å². The summed E-state index contributed by atoms with van der Waals surface area (Å²) in [7, 11) is 0. The number of hydrogen-bond donors (Lipinski definition) is 2. The Hall–Kier alpha value is -2.14. The van der Waals surface area contributed by atoms with Crippen molar-refractivity contribution in [2.75, 3.05) is 13.2 Å². The highest BCUT2D eigenvalue weighted by molar-refractivity contribution is 5.87. The van der Waals surface area contributed by atoms with E-state index in [1.54, 1.807) is 0 Å². The van der Waals surface area contributed by atoms with E-state index in [-0.39, 0.29) is 30.4 Å². The van der Waals surface area contributed by atoms with Crippen LogP contribution in [0.5, 0.6) is 0 Å². The van der Waals surface area contributed by atoms with Gasteiger partial charge in [0.25, 0.3) is 0 Å². The van der Waals surface area contributed by atoms with Crippen LogP contribution >= 0.6 is 0 Å². The van der Waals surface area contributed by atoms with Crippen molar-refractivity contribution in [3.05, 3.63) is 48.6 Å². The summed E-state index contributed by atoms with van der Waals surface area (Å²) in [5.41, 5.74) is 1.07. The van der Waals surface area contributed by atoms with E-state index < -0.39 is 0 Å². The first-order valence-electron chi connectivity index (χ1n) is 7.07. The van der Waals surface area contributed by atoms with Gasteiger partial charge in [0.05, 0.1) is 6.04 Å². The lowest BCUT2D eigenvalue weighted by Gasteiger charge is -2.20. The van der Waals surface area contributed by atoms with Gasteiger partial charge in [0, 0.05) is 19.6 Å². The monoisotopic (exact) mass is 288 g/mol. The largest absolute Gasteiger partial charge is 0.371 e. The van der Waals surface area contributed by atoms with Crippen LogP contribution in [0.3, 0.4) is 0 Å². The van der Waals surface area contributed by atoms with Gasteiger partial charge in [-0.2, -0.15) is 0 Å². The molecule has 1 aromatic rings. The van der Waals surface area contributed by atoms with Gasteiger partial charge in [-0.25, -0.2) is 0 Å². The summed E-state index contributed by atoms with van der Waals surface area (Å²) in [6, 6.07) is 9.85. The zero-order valence-electron chi connectivity index (χ0n) is 11.9. The minimum absolute atomic E-state index is 0.0185. The molecule has 0 radical (unpaired) electrons. The topological polar surface area (TPSA) is 67.4 Å². The van der Waals surface area contributed by atoms with Gasteiger partial charge in [0.1, 0.15) is 6.10 Å². The molecule has 2 N–H and O–H groups in total. The van der Waals surface area contributed by atoms with E-state index in [4.69, 9.17) is 4.74 Å². The molecule has 0 spiro atoms. The Kier molecular flexibility index (Phi) is 5.51. The molecule has 1 saturated heterocycles. The average Bonchev–Trinajstić information content (AvgIpc) is 2.96. The number of carbonyl (C=O) groups excluding carboxylic acids is 2. The minimum Gasteiger partial charge on any atom is -0.371 e. The summed E-state index contributed by atoms with van der Waals surface area (Å²) >= 11 is 0. The standard InChI is InChI=1S/C16H20N2O3/c1-2-14(19)17-10-8-15(20)18-13-9-11-21-16(13)12-6-4-3-5-7-12/h2-7,13,16H,1,8-11H2,(H,17,19)(H,18,20)/t13-,16+/m1/s1. The number of nitrogens with one attached hydrogen (secondary N) is 2. The number of benzene rings is 1. The SMILES string of the molecule is C=CC(=O)NCCC(=O)N[C@@H]1CCO[C@H]1c1ccccc1. The third-order valence-corrected chi connectivity index (χ3v) is 3.40. The minimum atomic E-state index is -0.269. The predicted molar refractivity (Wildman–Crippen MR) is 79.5 cm³/mol. The van der Waals surface area contributed by atoms with Crippen LogP contribution in [0.1, 0.15) is 24.5 Å². The number of rotatable bonds is 6. The average molecular weight is 288 g/mol. The molecule has 0 aliphatic carbocycles. The van der Waals surface area contributed by atoms with Gasteiger partial charge < -0.3 is 15.4 Å². The van der Waals surface area contributed by atoms with Crippen LogP contribution < -0.4 is 10.6 Å². The first-order valence-corrected chi connectivity index (χ1v) is 7.07. The highest BCUT2D eigenvalue weighted by atomic mass is 16.5. The highest BCUT2D eigenvalue weighted by Crippen LogP contribution is 2.28. The van der Waals surface area contributed by atoms with Crippen molar-refractivity contribution >= 4 is 11.8 Å². The molecule has 1 fully saturated rings. The Morgan fingerprint density at radius 3 is 2.81 bits per heavy atom. The van der Waals surface area contributed by atoms with Crippen molar-refractivity contribution in [3.8, 4) is 0 Å². The first kappa shape index (κ1) is 15.3. The molecule has 112 valence electrons. The fraction of sp³-hybridized carbons (Fsp3) is 0.375. The van der Waals surface area contributed by atoms with Crippen LogP contribution in [-0.2, 0) is 14.3 Å². The molecule has 1 aliphatic rings. The van der Waals surface area contributed by atoms with E-state index in [2.05, 4.69) is 17.2 Å². The van der Waals surface area contributed by atoms with Gasteiger partial charge >= 0.3 is 0 Å². The number of carbonyl (C=O) groups is 2. The number of amides is 2. The first-order chi connectivity index (χ1) is 10.2. The molecule has 2 rings (SSSR count). The summed E-state index contributed by atoms with van der Waals surface area (Å²) in [6.45, 7) is 4.30. The van der Waals surface area contributed by atoms with E-state index in [0.29, 0.717) is 13.2 Å². The Labute approximate surface area is 124 Å². The molecule has 0 aromatic heterocycles. The van der Waals surface area contributed by atoms with Crippen LogP contribution in [-0.4, -0.2) is 31.0 Å². The number of ether oxygens (including phenoxy) is 1. The molecule has 5 heteroatoms. The van der Waals surface area contributed by atoms with Crippen LogP contribution in [0.4, 0.5) is 0 Å². The molecular formula is C16H20N2O3. The maximum atomic E-state index is 11.9. The van der Waals surface area contributed by atoms with E-state index >= 15 is 0 Å². The quantitative estimate of drug-likeness (QED) is 0.776. The molecule has 5 nitrogen and oxygen atoms in total. The lowest BCUT2D eigenvalue weighted by molar-refractivity contribution is -0.122. The number of hydrogen-bond acceptors (Lipinski definition) is 3. The normalized spacial score (nSPS) is 20.8. The molecule has 1 heterocycles. The summed E-state index contributed by atoms with van der Waals surface area (Å²) in [5.74, 6) is -0.357. The Morgan fingerprint density at radius 1 is 1.33 bits per heavy atom. The molecule has 2 atom stereocenters. The van der Waals surface area contributed by atoms with Crippen LogP contribution in [0.25, 0.3) is 0 Å². The third-order valence-electron chi connectivity index (χ3n) is 3.40. The van der Waals surface area contributed by atoms with Gasteiger partial charge in [-0.15, -0.1) is 0 Å². The second-order valence-electron chi connectivity index (χ2n) is 4.91. The maximum Gasteiger partial charge on any atom is 0.243 e. The van der Waals surface area contributed by atoms with Crippen LogP contribution in [0.2, 0.25) is 0 Å². The Bertz CT molecular complexity index is 502. The molecule has 0 saturated carbocycles. The Morgan fingerprint density at radius 2 is 2.10 bits per heavy atom. The van der Waals surface area contributed by atoms with Crippen molar-refractivity contribution in [2.24, 2.45) is 0 Å². The van der Waals surface area contributed by atoms with Crippen molar-refractivity contribution in [3.63, 3.8) is 0 Å². The van der Waals surface area contributed by atoms with Gasteiger partial charge in [-0.1, -0.05) is 36.9 Å². The van der Waals surface area contributed by atoms with Gasteiger partial charge in [0.15, 0.2) is 0 Å². The second-order valence-corrected chi connectivity index (χ2v) is 4.91. The Balaban J connectivity index is 1.82. The maximum absolute atomic E-state index is 11.9. The van der Waals surface area contributed by atoms with E-state index in [0.717, 1.165) is 12.0 Å². The zero-order valence-corrected chi connectivity index (χ0v) is 11.9. The molecule has 1 aromatic carbocycles. The summed E-state index contributed by atoms with van der Waals surface area (Å²) in [6.07, 6.45) is 2.13. The molecular weight excluding hydrogens is 268 g/mol. The van der Waals surface area contributed by atoms with E-state index in [1.165, 1.54) is 6.08 Å². The second kappa shape index (κ2) is 7.59. The predicted octanol–water partition coefficient (Wildman–Crippen LogP) is 1.33. The van der Waals surface area contributed by atoms with Gasteiger partial charge in [-0.3, -0.25) is 9.59 Å². The fourth-order valence-electron chi connectivity index (χ4n) is 2.36. The van der Waals surface area contributed by atoms with Crippen LogP contribution in [0, 0.1) is 0 Å². The summed E-state index contributed by atoms with van der Waals surface area (Å²) < 4.78 is 5.71. The van der Waals surface area contributed by atoms with Crippen molar-refractivity contribution in [1.29, 1.82) is 0 Å².